The van der Waals surface area contributed by atoms with E-state index in [1.165, 1.54) is 0 Å². The molecule has 0 radical (unpaired) electrons. The molecule has 0 bridgehead atoms. The molecule has 0 amide bonds. The minimum absolute atomic E-state index is 0.485. The van der Waals surface area contributed by atoms with Crippen molar-refractivity contribution >= 4 is 8.80 Å². The van der Waals surface area contributed by atoms with E-state index in [0.29, 0.717) is 12.1 Å². The molecular formula is C13H27NO5Si. The molecule has 6 nitrogen and oxygen atoms in total. The lowest BCUT2D eigenvalue weighted by Gasteiger charge is -2.35. The molecule has 0 aromatic heterocycles. The van der Waals surface area contributed by atoms with Gasteiger partial charge in [0.25, 0.3) is 0 Å². The molecule has 2 unspecified atom stereocenters. The molecule has 0 aromatic carbocycles. The fourth-order valence-electron chi connectivity index (χ4n) is 3.05. The van der Waals surface area contributed by atoms with Crippen molar-refractivity contribution in [2.24, 2.45) is 0 Å². The Balaban J connectivity index is 1.96. The molecular weight excluding hydrogens is 278 g/mol. The lowest BCUT2D eigenvalue weighted by molar-refractivity contribution is 0.0828. The third kappa shape index (κ3) is 3.79. The highest BCUT2D eigenvalue weighted by atomic mass is 28.4. The van der Waals surface area contributed by atoms with Crippen LogP contribution in [-0.4, -0.2) is 80.1 Å². The van der Waals surface area contributed by atoms with E-state index in [2.05, 4.69) is 4.90 Å². The van der Waals surface area contributed by atoms with Gasteiger partial charge in [0, 0.05) is 59.2 Å². The minimum Gasteiger partial charge on any atom is -0.380 e. The zero-order valence-electron chi connectivity index (χ0n) is 12.8. The first-order valence-electron chi connectivity index (χ1n) is 7.31. The van der Waals surface area contributed by atoms with E-state index in [-0.39, 0.29) is 0 Å². The largest absolute Gasteiger partial charge is 0.501 e. The van der Waals surface area contributed by atoms with Crippen LogP contribution in [0.3, 0.4) is 0 Å². The van der Waals surface area contributed by atoms with Crippen LogP contribution in [0.4, 0.5) is 0 Å². The molecule has 20 heavy (non-hydrogen) atoms. The Labute approximate surface area is 122 Å². The molecule has 7 heteroatoms. The zero-order valence-corrected chi connectivity index (χ0v) is 13.8. The lowest BCUT2D eigenvalue weighted by atomic mass is 10.1. The van der Waals surface area contributed by atoms with Gasteiger partial charge in [-0.05, 0) is 12.8 Å². The molecule has 2 saturated heterocycles. The molecule has 2 fully saturated rings. The van der Waals surface area contributed by atoms with E-state index in [9.17, 15) is 0 Å². The van der Waals surface area contributed by atoms with Gasteiger partial charge < -0.3 is 22.8 Å². The zero-order chi connectivity index (χ0) is 14.4. The predicted molar refractivity (Wildman–Crippen MR) is 76.7 cm³/mol. The fourth-order valence-corrected chi connectivity index (χ4v) is 4.70. The van der Waals surface area contributed by atoms with Crippen LogP contribution in [0.2, 0.25) is 6.04 Å². The number of hydrogen-bond acceptors (Lipinski definition) is 6. The fraction of sp³-hybridized carbons (Fsp3) is 1.00. The molecule has 2 heterocycles. The first-order valence-corrected chi connectivity index (χ1v) is 9.24. The molecule has 118 valence electrons. The summed E-state index contributed by atoms with van der Waals surface area (Å²) in [7, 11) is 2.50. The summed E-state index contributed by atoms with van der Waals surface area (Å²) in [5.41, 5.74) is 0. The molecule has 0 saturated carbocycles. The maximum absolute atomic E-state index is 5.54. The Kier molecular flexibility index (Phi) is 6.41. The van der Waals surface area contributed by atoms with Gasteiger partial charge in [-0.1, -0.05) is 0 Å². The van der Waals surface area contributed by atoms with Crippen molar-refractivity contribution in [3.8, 4) is 0 Å². The number of hydrogen-bond donors (Lipinski definition) is 0. The van der Waals surface area contributed by atoms with E-state index in [0.717, 1.165) is 51.9 Å². The maximum atomic E-state index is 5.54. The molecule has 2 rings (SSSR count). The summed E-state index contributed by atoms with van der Waals surface area (Å²) in [5, 5.41) is 0. The summed E-state index contributed by atoms with van der Waals surface area (Å²) in [4.78, 5) is 2.51. The maximum Gasteiger partial charge on any atom is 0.501 e. The Hall–Kier alpha value is -0.0231. The van der Waals surface area contributed by atoms with Crippen LogP contribution in [0.5, 0.6) is 0 Å². The van der Waals surface area contributed by atoms with Gasteiger partial charge in [0.2, 0.25) is 0 Å². The molecule has 0 spiro atoms. The Morgan fingerprint density at radius 1 is 0.950 bits per heavy atom. The van der Waals surface area contributed by atoms with E-state index >= 15 is 0 Å². The minimum atomic E-state index is -2.51. The van der Waals surface area contributed by atoms with E-state index < -0.39 is 8.80 Å². The van der Waals surface area contributed by atoms with Crippen molar-refractivity contribution in [1.29, 1.82) is 0 Å². The van der Waals surface area contributed by atoms with Crippen LogP contribution in [0.1, 0.15) is 12.8 Å². The summed E-state index contributed by atoms with van der Waals surface area (Å²) in [6, 6.07) is 1.77. The smallest absolute Gasteiger partial charge is 0.380 e. The van der Waals surface area contributed by atoms with Gasteiger partial charge in [0.15, 0.2) is 0 Å². The molecule has 2 aliphatic heterocycles. The first-order chi connectivity index (χ1) is 9.74. The summed E-state index contributed by atoms with van der Waals surface area (Å²) in [6.07, 6.45) is 2.19. The average Bonchev–Trinajstić information content (AvgIpc) is 3.18. The van der Waals surface area contributed by atoms with Crippen molar-refractivity contribution in [1.82, 2.24) is 4.90 Å². The Bertz CT molecular complexity index is 254. The summed E-state index contributed by atoms with van der Waals surface area (Å²) in [6.45, 7) is 4.26. The Morgan fingerprint density at radius 3 is 1.80 bits per heavy atom. The van der Waals surface area contributed by atoms with Crippen LogP contribution < -0.4 is 0 Å². The van der Waals surface area contributed by atoms with Crippen molar-refractivity contribution in [2.75, 3.05) is 54.3 Å². The molecule has 2 atom stereocenters. The highest BCUT2D eigenvalue weighted by molar-refractivity contribution is 6.60. The van der Waals surface area contributed by atoms with Crippen LogP contribution in [0, 0.1) is 0 Å². The van der Waals surface area contributed by atoms with Gasteiger partial charge in [0.1, 0.15) is 0 Å². The van der Waals surface area contributed by atoms with Gasteiger partial charge in [-0.3, -0.25) is 4.90 Å². The standard InChI is InChI=1S/C13H27NO5Si/c1-15-20(16-2,17-3)9-6-14(12-4-7-18-10-12)13-5-8-19-11-13/h12-13H,4-11H2,1-3H3. The van der Waals surface area contributed by atoms with Crippen molar-refractivity contribution < 1.29 is 22.8 Å². The van der Waals surface area contributed by atoms with Crippen LogP contribution in [0.15, 0.2) is 0 Å². The lowest BCUT2D eigenvalue weighted by Crippen LogP contribution is -2.50. The molecule has 0 N–H and O–H groups in total. The second kappa shape index (κ2) is 7.84. The van der Waals surface area contributed by atoms with Gasteiger partial charge >= 0.3 is 8.80 Å². The van der Waals surface area contributed by atoms with E-state index in [1.54, 1.807) is 21.3 Å². The third-order valence-electron chi connectivity index (χ3n) is 4.36. The molecule has 2 aliphatic rings. The van der Waals surface area contributed by atoms with Crippen LogP contribution >= 0.6 is 0 Å². The topological polar surface area (TPSA) is 49.4 Å². The number of nitrogens with zero attached hydrogens (tertiary/aromatic N) is 1. The summed E-state index contributed by atoms with van der Waals surface area (Å²) in [5.74, 6) is 0. The monoisotopic (exact) mass is 305 g/mol. The molecule has 0 aliphatic carbocycles. The second-order valence-corrected chi connectivity index (χ2v) is 8.41. The quantitative estimate of drug-likeness (QED) is 0.617. The van der Waals surface area contributed by atoms with Gasteiger partial charge in [-0.15, -0.1) is 0 Å². The summed E-state index contributed by atoms with van der Waals surface area (Å²) < 4.78 is 27.6. The predicted octanol–water partition coefficient (Wildman–Crippen LogP) is 0.744. The normalized spacial score (nSPS) is 27.6. The van der Waals surface area contributed by atoms with Crippen LogP contribution in [0.25, 0.3) is 0 Å². The van der Waals surface area contributed by atoms with Crippen molar-refractivity contribution in [3.63, 3.8) is 0 Å². The van der Waals surface area contributed by atoms with E-state index in [4.69, 9.17) is 22.8 Å². The highest BCUT2D eigenvalue weighted by Crippen LogP contribution is 2.23. The average molecular weight is 305 g/mol. The van der Waals surface area contributed by atoms with Gasteiger partial charge in [-0.2, -0.15) is 0 Å². The van der Waals surface area contributed by atoms with Crippen molar-refractivity contribution in [2.45, 2.75) is 31.0 Å². The number of ether oxygens (including phenoxy) is 2. The third-order valence-corrected chi connectivity index (χ3v) is 7.06. The SMILES string of the molecule is CO[Si](CCN(C1CCOC1)C1CCOC1)(OC)OC. The Morgan fingerprint density at radius 2 is 1.45 bits per heavy atom. The van der Waals surface area contributed by atoms with E-state index in [1.807, 2.05) is 0 Å². The van der Waals surface area contributed by atoms with Gasteiger partial charge in [-0.25, -0.2) is 0 Å². The highest BCUT2D eigenvalue weighted by Gasteiger charge is 2.40. The van der Waals surface area contributed by atoms with Gasteiger partial charge in [0.05, 0.1) is 13.2 Å². The first kappa shape index (κ1) is 16.3. The van der Waals surface area contributed by atoms with Crippen LogP contribution in [-0.2, 0) is 22.8 Å². The van der Waals surface area contributed by atoms with Crippen molar-refractivity contribution in [3.05, 3.63) is 0 Å². The second-order valence-electron chi connectivity index (χ2n) is 5.32. The summed E-state index contributed by atoms with van der Waals surface area (Å²) >= 11 is 0. The number of rotatable bonds is 8. The molecule has 0 aromatic rings.